The molecule has 1 aromatic carbocycles. The molecule has 1 fully saturated rings. The molecule has 1 aromatic rings. The summed E-state index contributed by atoms with van der Waals surface area (Å²) in [5.74, 6) is 0.115. The lowest BCUT2D eigenvalue weighted by molar-refractivity contribution is -0.116. The highest BCUT2D eigenvalue weighted by molar-refractivity contribution is 14.1. The van der Waals surface area contributed by atoms with E-state index >= 15 is 0 Å². The van der Waals surface area contributed by atoms with Gasteiger partial charge in [0.1, 0.15) is 0 Å². The molecule has 0 spiro atoms. The van der Waals surface area contributed by atoms with E-state index in [1.54, 1.807) is 0 Å². The predicted octanol–water partition coefficient (Wildman–Crippen LogP) is 3.15. The van der Waals surface area contributed by atoms with Gasteiger partial charge in [-0.2, -0.15) is 0 Å². The van der Waals surface area contributed by atoms with Gasteiger partial charge in [-0.3, -0.25) is 4.79 Å². The Morgan fingerprint density at radius 1 is 1.44 bits per heavy atom. The number of benzene rings is 1. The van der Waals surface area contributed by atoms with E-state index in [1.165, 1.54) is 19.3 Å². The number of hydrogen-bond acceptors (Lipinski definition) is 2. The van der Waals surface area contributed by atoms with Crippen LogP contribution in [0.4, 0.5) is 5.69 Å². The molecule has 18 heavy (non-hydrogen) atoms. The Labute approximate surface area is 122 Å². The summed E-state index contributed by atoms with van der Waals surface area (Å²) in [4.78, 5) is 11.8. The van der Waals surface area contributed by atoms with E-state index in [0.29, 0.717) is 12.5 Å². The lowest BCUT2D eigenvalue weighted by atomic mass is 10.0. The number of rotatable bonds is 4. The predicted molar refractivity (Wildman–Crippen MR) is 82.7 cm³/mol. The van der Waals surface area contributed by atoms with Crippen LogP contribution in [0.1, 0.15) is 32.1 Å². The van der Waals surface area contributed by atoms with Crippen molar-refractivity contribution < 1.29 is 4.79 Å². The molecule has 1 saturated heterocycles. The topological polar surface area (TPSA) is 41.1 Å². The molecule has 98 valence electrons. The minimum Gasteiger partial charge on any atom is -0.326 e. The van der Waals surface area contributed by atoms with E-state index in [4.69, 9.17) is 0 Å². The van der Waals surface area contributed by atoms with Gasteiger partial charge in [-0.05, 0) is 66.6 Å². The maximum atomic E-state index is 11.8. The van der Waals surface area contributed by atoms with Crippen molar-refractivity contribution in [1.82, 2.24) is 5.32 Å². The van der Waals surface area contributed by atoms with Crippen molar-refractivity contribution in [1.29, 1.82) is 0 Å². The summed E-state index contributed by atoms with van der Waals surface area (Å²) in [5.41, 5.74) is 0.892. The van der Waals surface area contributed by atoms with Crippen molar-refractivity contribution in [3.63, 3.8) is 0 Å². The van der Waals surface area contributed by atoms with Gasteiger partial charge < -0.3 is 10.6 Å². The standard InChI is InChI=1S/C14H19IN2O/c15-11-4-3-6-13(10-11)17-14(18)8-7-12-5-1-2-9-16-12/h3-4,6,10,12,16H,1-2,5,7-9H2,(H,17,18). The minimum absolute atomic E-state index is 0.115. The molecular weight excluding hydrogens is 339 g/mol. The Kier molecular flexibility index (Phi) is 5.44. The largest absolute Gasteiger partial charge is 0.326 e. The number of nitrogens with one attached hydrogen (secondary N) is 2. The Hall–Kier alpha value is -0.620. The molecule has 1 aliphatic rings. The first-order chi connectivity index (χ1) is 8.74. The monoisotopic (exact) mass is 358 g/mol. The number of carbonyl (C=O) groups is 1. The maximum Gasteiger partial charge on any atom is 0.224 e. The molecule has 0 bridgehead atoms. The third-order valence-corrected chi connectivity index (χ3v) is 3.91. The van der Waals surface area contributed by atoms with E-state index in [1.807, 2.05) is 24.3 Å². The molecular formula is C14H19IN2O. The van der Waals surface area contributed by atoms with Crippen molar-refractivity contribution in [3.05, 3.63) is 27.8 Å². The van der Waals surface area contributed by atoms with Crippen LogP contribution in [0.2, 0.25) is 0 Å². The summed E-state index contributed by atoms with van der Waals surface area (Å²) in [5, 5.41) is 6.42. The van der Waals surface area contributed by atoms with Gasteiger partial charge in [-0.25, -0.2) is 0 Å². The molecule has 1 unspecified atom stereocenters. The molecule has 2 rings (SSSR count). The van der Waals surface area contributed by atoms with Crippen LogP contribution in [0.25, 0.3) is 0 Å². The highest BCUT2D eigenvalue weighted by Gasteiger charge is 2.13. The Bertz CT molecular complexity index is 403. The number of anilines is 1. The third kappa shape index (κ3) is 4.57. The molecule has 1 amide bonds. The number of halogens is 1. The zero-order valence-electron chi connectivity index (χ0n) is 10.4. The molecule has 1 aliphatic heterocycles. The number of carbonyl (C=O) groups excluding carboxylic acids is 1. The van der Waals surface area contributed by atoms with Crippen LogP contribution in [0.3, 0.4) is 0 Å². The average Bonchev–Trinajstić information content (AvgIpc) is 2.38. The summed E-state index contributed by atoms with van der Waals surface area (Å²) < 4.78 is 1.14. The molecule has 0 radical (unpaired) electrons. The second-order valence-corrected chi connectivity index (χ2v) is 5.99. The van der Waals surface area contributed by atoms with Crippen LogP contribution >= 0.6 is 22.6 Å². The van der Waals surface area contributed by atoms with Crippen LogP contribution in [0, 0.1) is 3.57 Å². The van der Waals surface area contributed by atoms with Crippen LogP contribution < -0.4 is 10.6 Å². The van der Waals surface area contributed by atoms with Gasteiger partial charge in [0.15, 0.2) is 0 Å². The van der Waals surface area contributed by atoms with E-state index in [2.05, 4.69) is 33.2 Å². The van der Waals surface area contributed by atoms with Crippen molar-refractivity contribution in [2.45, 2.75) is 38.1 Å². The first-order valence-electron chi connectivity index (χ1n) is 6.53. The normalized spacial score (nSPS) is 19.5. The molecule has 4 heteroatoms. The van der Waals surface area contributed by atoms with Crippen LogP contribution in [-0.2, 0) is 4.79 Å². The third-order valence-electron chi connectivity index (χ3n) is 3.24. The molecule has 3 nitrogen and oxygen atoms in total. The van der Waals surface area contributed by atoms with Crippen molar-refractivity contribution in [2.75, 3.05) is 11.9 Å². The van der Waals surface area contributed by atoms with Gasteiger partial charge in [0, 0.05) is 21.7 Å². The maximum absolute atomic E-state index is 11.8. The molecule has 1 heterocycles. The summed E-state index contributed by atoms with van der Waals surface area (Å²) in [7, 11) is 0. The van der Waals surface area contributed by atoms with Gasteiger partial charge in [0.25, 0.3) is 0 Å². The fourth-order valence-electron chi connectivity index (χ4n) is 2.27. The second kappa shape index (κ2) is 7.09. The summed E-state index contributed by atoms with van der Waals surface area (Å²) in [6.07, 6.45) is 5.30. The number of amides is 1. The van der Waals surface area contributed by atoms with E-state index < -0.39 is 0 Å². The van der Waals surface area contributed by atoms with Gasteiger partial charge in [-0.15, -0.1) is 0 Å². The Morgan fingerprint density at radius 2 is 2.33 bits per heavy atom. The minimum atomic E-state index is 0.115. The Balaban J connectivity index is 1.74. The van der Waals surface area contributed by atoms with E-state index in [-0.39, 0.29) is 5.91 Å². The Morgan fingerprint density at radius 3 is 3.06 bits per heavy atom. The molecule has 1 atom stereocenters. The quantitative estimate of drug-likeness (QED) is 0.812. The van der Waals surface area contributed by atoms with Crippen LogP contribution in [-0.4, -0.2) is 18.5 Å². The van der Waals surface area contributed by atoms with Crippen molar-refractivity contribution in [2.24, 2.45) is 0 Å². The van der Waals surface area contributed by atoms with Crippen LogP contribution in [0.15, 0.2) is 24.3 Å². The van der Waals surface area contributed by atoms with Crippen LogP contribution in [0.5, 0.6) is 0 Å². The fourth-order valence-corrected chi connectivity index (χ4v) is 2.81. The molecule has 0 aliphatic carbocycles. The van der Waals surface area contributed by atoms with Gasteiger partial charge in [0.2, 0.25) is 5.91 Å². The molecule has 0 saturated carbocycles. The lowest BCUT2D eigenvalue weighted by Crippen LogP contribution is -2.34. The van der Waals surface area contributed by atoms with E-state index in [9.17, 15) is 4.79 Å². The van der Waals surface area contributed by atoms with E-state index in [0.717, 1.165) is 22.2 Å². The summed E-state index contributed by atoms with van der Waals surface area (Å²) in [6, 6.07) is 8.42. The second-order valence-electron chi connectivity index (χ2n) is 4.74. The highest BCUT2D eigenvalue weighted by Crippen LogP contribution is 2.15. The average molecular weight is 358 g/mol. The summed E-state index contributed by atoms with van der Waals surface area (Å²) >= 11 is 2.25. The first-order valence-corrected chi connectivity index (χ1v) is 7.61. The van der Waals surface area contributed by atoms with Gasteiger partial charge >= 0.3 is 0 Å². The fraction of sp³-hybridized carbons (Fsp3) is 0.500. The SMILES string of the molecule is O=C(CCC1CCCCN1)Nc1cccc(I)c1. The molecule has 2 N–H and O–H groups in total. The zero-order chi connectivity index (χ0) is 12.8. The number of piperidine rings is 1. The zero-order valence-corrected chi connectivity index (χ0v) is 12.6. The number of hydrogen-bond donors (Lipinski definition) is 2. The van der Waals surface area contributed by atoms with Crippen molar-refractivity contribution >= 4 is 34.2 Å². The van der Waals surface area contributed by atoms with Gasteiger partial charge in [-0.1, -0.05) is 12.5 Å². The van der Waals surface area contributed by atoms with Gasteiger partial charge in [0.05, 0.1) is 0 Å². The summed E-state index contributed by atoms with van der Waals surface area (Å²) in [6.45, 7) is 1.10. The van der Waals surface area contributed by atoms with Crippen molar-refractivity contribution in [3.8, 4) is 0 Å². The first kappa shape index (κ1) is 13.8. The lowest BCUT2D eigenvalue weighted by Gasteiger charge is -2.23. The smallest absolute Gasteiger partial charge is 0.224 e. The molecule has 0 aromatic heterocycles. The highest BCUT2D eigenvalue weighted by atomic mass is 127.